The summed E-state index contributed by atoms with van der Waals surface area (Å²) < 4.78 is 12.1. The van der Waals surface area contributed by atoms with Gasteiger partial charge in [0.15, 0.2) is 5.13 Å². The highest BCUT2D eigenvalue weighted by Crippen LogP contribution is 2.29. The molecule has 1 N–H and O–H groups in total. The first-order valence-electron chi connectivity index (χ1n) is 6.73. The van der Waals surface area contributed by atoms with Crippen LogP contribution >= 0.6 is 11.3 Å². The third-order valence-corrected chi connectivity index (χ3v) is 4.39. The molecule has 0 spiro atoms. The Bertz CT molecular complexity index is 587. The topological polar surface area (TPSA) is 46.6 Å². The van der Waals surface area contributed by atoms with Crippen molar-refractivity contribution >= 4 is 26.7 Å². The first kappa shape index (κ1) is 13.6. The van der Waals surface area contributed by atoms with Crippen LogP contribution < -0.4 is 10.1 Å². The van der Waals surface area contributed by atoms with Crippen LogP contribution in [0.1, 0.15) is 0 Å². The van der Waals surface area contributed by atoms with Crippen molar-refractivity contribution in [3.05, 3.63) is 18.2 Å². The van der Waals surface area contributed by atoms with Crippen LogP contribution in [0.15, 0.2) is 18.2 Å². The molecule has 0 bridgehead atoms. The molecule has 20 heavy (non-hydrogen) atoms. The molecule has 6 heteroatoms. The highest BCUT2D eigenvalue weighted by molar-refractivity contribution is 7.22. The molecule has 5 nitrogen and oxygen atoms in total. The lowest BCUT2D eigenvalue weighted by molar-refractivity contribution is -0.0117. The van der Waals surface area contributed by atoms with Gasteiger partial charge in [-0.25, -0.2) is 4.98 Å². The number of nitrogens with one attached hydrogen (secondary N) is 1. The van der Waals surface area contributed by atoms with E-state index in [-0.39, 0.29) is 6.10 Å². The van der Waals surface area contributed by atoms with E-state index < -0.39 is 0 Å². The molecule has 0 radical (unpaired) electrons. The van der Waals surface area contributed by atoms with Crippen molar-refractivity contribution in [2.75, 3.05) is 45.7 Å². The number of anilines is 1. The Morgan fingerprint density at radius 1 is 1.55 bits per heavy atom. The molecule has 1 aliphatic rings. The maximum absolute atomic E-state index is 5.73. The molecule has 1 unspecified atom stereocenters. The molecule has 1 saturated heterocycles. The first-order chi connectivity index (χ1) is 9.74. The molecule has 0 aliphatic carbocycles. The van der Waals surface area contributed by atoms with Crippen LogP contribution in [0.5, 0.6) is 5.75 Å². The zero-order valence-corrected chi connectivity index (χ0v) is 12.6. The molecule has 108 valence electrons. The quantitative estimate of drug-likeness (QED) is 0.935. The third-order valence-electron chi connectivity index (χ3n) is 3.42. The second-order valence-electron chi connectivity index (χ2n) is 4.99. The Labute approximate surface area is 122 Å². The van der Waals surface area contributed by atoms with Gasteiger partial charge in [-0.05, 0) is 25.2 Å². The number of nitrogens with zero attached hydrogens (tertiary/aromatic N) is 2. The third kappa shape index (κ3) is 3.03. The average molecular weight is 293 g/mol. The minimum absolute atomic E-state index is 0.232. The summed E-state index contributed by atoms with van der Waals surface area (Å²) in [5.41, 5.74) is 1.000. The van der Waals surface area contributed by atoms with Crippen LogP contribution in [-0.2, 0) is 4.74 Å². The molecule has 2 heterocycles. The van der Waals surface area contributed by atoms with Gasteiger partial charge in [-0.1, -0.05) is 11.3 Å². The maximum Gasteiger partial charge on any atom is 0.183 e. The average Bonchev–Trinajstić information content (AvgIpc) is 2.87. The standard InChI is InChI=1S/C14H19N3O2S/c1-17-5-6-19-11(9-17)8-15-14-16-12-4-3-10(18-2)7-13(12)20-14/h3-4,7,11H,5-6,8-9H2,1-2H3,(H,15,16). The van der Waals surface area contributed by atoms with Crippen LogP contribution in [-0.4, -0.2) is 56.4 Å². The number of aromatic nitrogens is 1. The number of ether oxygens (including phenoxy) is 2. The van der Waals surface area contributed by atoms with E-state index >= 15 is 0 Å². The van der Waals surface area contributed by atoms with Crippen molar-refractivity contribution in [1.82, 2.24) is 9.88 Å². The van der Waals surface area contributed by atoms with Crippen LogP contribution in [0.2, 0.25) is 0 Å². The second-order valence-corrected chi connectivity index (χ2v) is 6.02. The molecule has 0 amide bonds. The molecular weight excluding hydrogens is 274 g/mol. The summed E-state index contributed by atoms with van der Waals surface area (Å²) in [6.45, 7) is 3.57. The number of fused-ring (bicyclic) bond motifs is 1. The molecule has 0 saturated carbocycles. The summed E-state index contributed by atoms with van der Waals surface area (Å²) in [5, 5.41) is 4.31. The lowest BCUT2D eigenvalue weighted by Crippen LogP contribution is -2.43. The van der Waals surface area contributed by atoms with E-state index in [1.807, 2.05) is 18.2 Å². The number of hydrogen-bond acceptors (Lipinski definition) is 6. The number of thiazole rings is 1. The van der Waals surface area contributed by atoms with Gasteiger partial charge in [-0.3, -0.25) is 0 Å². The number of likely N-dealkylation sites (N-methyl/N-ethyl adjacent to an activating group) is 1. The Morgan fingerprint density at radius 3 is 3.25 bits per heavy atom. The predicted octanol–water partition coefficient (Wildman–Crippen LogP) is 2.05. The van der Waals surface area contributed by atoms with E-state index in [1.165, 1.54) is 0 Å². The zero-order chi connectivity index (χ0) is 13.9. The Balaban J connectivity index is 1.65. The van der Waals surface area contributed by atoms with E-state index in [2.05, 4.69) is 22.2 Å². The Morgan fingerprint density at radius 2 is 2.45 bits per heavy atom. The largest absolute Gasteiger partial charge is 0.497 e. The van der Waals surface area contributed by atoms with E-state index in [9.17, 15) is 0 Å². The fraction of sp³-hybridized carbons (Fsp3) is 0.500. The van der Waals surface area contributed by atoms with Gasteiger partial charge in [0.25, 0.3) is 0 Å². The van der Waals surface area contributed by atoms with E-state index in [4.69, 9.17) is 9.47 Å². The highest BCUT2D eigenvalue weighted by Gasteiger charge is 2.17. The van der Waals surface area contributed by atoms with Crippen LogP contribution in [0.3, 0.4) is 0 Å². The van der Waals surface area contributed by atoms with Crippen molar-refractivity contribution in [3.8, 4) is 5.75 Å². The summed E-state index contributed by atoms with van der Waals surface area (Å²) >= 11 is 1.64. The molecular formula is C14H19N3O2S. The van der Waals surface area contributed by atoms with Crippen molar-refractivity contribution in [2.24, 2.45) is 0 Å². The van der Waals surface area contributed by atoms with Gasteiger partial charge >= 0.3 is 0 Å². The predicted molar refractivity (Wildman–Crippen MR) is 81.9 cm³/mol. The fourth-order valence-corrected chi connectivity index (χ4v) is 3.20. The van der Waals surface area contributed by atoms with Gasteiger partial charge < -0.3 is 19.7 Å². The van der Waals surface area contributed by atoms with Gasteiger partial charge in [-0.15, -0.1) is 0 Å². The van der Waals surface area contributed by atoms with Gasteiger partial charge in [0.2, 0.25) is 0 Å². The molecule has 1 aromatic heterocycles. The van der Waals surface area contributed by atoms with Crippen LogP contribution in [0.4, 0.5) is 5.13 Å². The summed E-state index contributed by atoms with van der Waals surface area (Å²) in [4.78, 5) is 6.86. The molecule has 1 atom stereocenters. The minimum Gasteiger partial charge on any atom is -0.497 e. The number of methoxy groups -OCH3 is 1. The summed E-state index contributed by atoms with van der Waals surface area (Å²) in [6.07, 6.45) is 0.232. The number of rotatable bonds is 4. The number of morpholine rings is 1. The van der Waals surface area contributed by atoms with E-state index in [0.717, 1.165) is 47.3 Å². The summed E-state index contributed by atoms with van der Waals surface area (Å²) in [5.74, 6) is 0.866. The Kier molecular flexibility index (Phi) is 4.05. The van der Waals surface area contributed by atoms with Crippen molar-refractivity contribution in [2.45, 2.75) is 6.10 Å². The summed E-state index contributed by atoms with van der Waals surface area (Å²) in [7, 11) is 3.80. The molecule has 1 aliphatic heterocycles. The van der Waals surface area contributed by atoms with Crippen LogP contribution in [0, 0.1) is 0 Å². The summed E-state index contributed by atoms with van der Waals surface area (Å²) in [6, 6.07) is 5.94. The second kappa shape index (κ2) is 5.95. The van der Waals surface area contributed by atoms with Crippen molar-refractivity contribution < 1.29 is 9.47 Å². The number of hydrogen-bond donors (Lipinski definition) is 1. The number of benzene rings is 1. The van der Waals surface area contributed by atoms with Gasteiger partial charge in [-0.2, -0.15) is 0 Å². The lowest BCUT2D eigenvalue weighted by atomic mass is 10.3. The first-order valence-corrected chi connectivity index (χ1v) is 7.55. The molecule has 3 rings (SSSR count). The van der Waals surface area contributed by atoms with Gasteiger partial charge in [0.05, 0.1) is 30.0 Å². The molecule has 1 fully saturated rings. The Hall–Kier alpha value is -1.37. The zero-order valence-electron chi connectivity index (χ0n) is 11.8. The van der Waals surface area contributed by atoms with Crippen LogP contribution in [0.25, 0.3) is 10.2 Å². The molecule has 2 aromatic rings. The smallest absolute Gasteiger partial charge is 0.183 e. The normalized spacial score (nSPS) is 20.2. The molecule has 1 aromatic carbocycles. The monoisotopic (exact) mass is 293 g/mol. The SMILES string of the molecule is COc1ccc2nc(NCC3CN(C)CCO3)sc2c1. The van der Waals surface area contributed by atoms with E-state index in [0.29, 0.717) is 0 Å². The van der Waals surface area contributed by atoms with Gasteiger partial charge in [0, 0.05) is 19.6 Å². The highest BCUT2D eigenvalue weighted by atomic mass is 32.1. The van der Waals surface area contributed by atoms with Gasteiger partial charge in [0.1, 0.15) is 5.75 Å². The van der Waals surface area contributed by atoms with Crippen molar-refractivity contribution in [3.63, 3.8) is 0 Å². The van der Waals surface area contributed by atoms with Crippen molar-refractivity contribution in [1.29, 1.82) is 0 Å². The minimum atomic E-state index is 0.232. The fourth-order valence-electron chi connectivity index (χ4n) is 2.30. The maximum atomic E-state index is 5.73. The lowest BCUT2D eigenvalue weighted by Gasteiger charge is -2.29. The van der Waals surface area contributed by atoms with E-state index in [1.54, 1.807) is 18.4 Å².